The van der Waals surface area contributed by atoms with E-state index in [-0.39, 0.29) is 5.82 Å². The molecule has 1 aromatic heterocycles. The minimum Gasteiger partial charge on any atom is -0.378 e. The minimum absolute atomic E-state index is 0.370. The molecule has 0 bridgehead atoms. The highest BCUT2D eigenvalue weighted by molar-refractivity contribution is 6.06. The van der Waals surface area contributed by atoms with Crippen LogP contribution in [0.25, 0.3) is 11.0 Å². The number of amides is 2. The van der Waals surface area contributed by atoms with E-state index >= 15 is 0 Å². The van der Waals surface area contributed by atoms with E-state index in [0.29, 0.717) is 35.6 Å². The molecule has 4 rings (SSSR count). The topological polar surface area (TPSA) is 92.5 Å². The van der Waals surface area contributed by atoms with Crippen LogP contribution in [0.1, 0.15) is 0 Å². The summed E-state index contributed by atoms with van der Waals surface area (Å²) in [6, 6.07) is 8.64. The van der Waals surface area contributed by atoms with Crippen LogP contribution < -0.4 is 15.5 Å². The molecular weight excluding hydrogens is 341 g/mol. The Morgan fingerprint density at radius 3 is 2.50 bits per heavy atom. The molecule has 2 N–H and O–H groups in total. The van der Waals surface area contributed by atoms with Crippen LogP contribution in [0.4, 0.5) is 26.2 Å². The number of morpholine rings is 1. The number of halogens is 1. The van der Waals surface area contributed by atoms with Gasteiger partial charge in [0, 0.05) is 18.8 Å². The Morgan fingerprint density at radius 1 is 1.00 bits per heavy atom. The molecule has 3 aromatic rings. The Labute approximate surface area is 147 Å². The van der Waals surface area contributed by atoms with Crippen molar-refractivity contribution in [3.8, 4) is 0 Å². The van der Waals surface area contributed by atoms with Gasteiger partial charge >= 0.3 is 6.03 Å². The number of rotatable bonds is 3. The number of aromatic nitrogens is 2. The number of fused-ring (bicyclic) bond motifs is 1. The number of urea groups is 1. The fourth-order valence-electron chi connectivity index (χ4n) is 2.83. The smallest absolute Gasteiger partial charge is 0.323 e. The maximum Gasteiger partial charge on any atom is 0.323 e. The highest BCUT2D eigenvalue weighted by Crippen LogP contribution is 2.30. The average Bonchev–Trinajstić information content (AvgIpc) is 3.15. The molecule has 0 radical (unpaired) electrons. The number of carbonyl (C=O) groups excluding carboxylic acids is 1. The van der Waals surface area contributed by atoms with Gasteiger partial charge in [0.1, 0.15) is 5.82 Å². The van der Waals surface area contributed by atoms with Gasteiger partial charge in [-0.3, -0.25) is 0 Å². The van der Waals surface area contributed by atoms with E-state index < -0.39 is 6.03 Å². The summed E-state index contributed by atoms with van der Waals surface area (Å²) in [5.74, 6) is -0.370. The molecule has 0 spiro atoms. The largest absolute Gasteiger partial charge is 0.378 e. The summed E-state index contributed by atoms with van der Waals surface area (Å²) in [6.07, 6.45) is 0. The number of nitrogens with one attached hydrogen (secondary N) is 2. The third kappa shape index (κ3) is 3.29. The van der Waals surface area contributed by atoms with E-state index in [1.54, 1.807) is 6.07 Å². The summed E-state index contributed by atoms with van der Waals surface area (Å²) in [7, 11) is 0. The van der Waals surface area contributed by atoms with Crippen LogP contribution in [0.2, 0.25) is 0 Å². The Balaban J connectivity index is 1.54. The summed E-state index contributed by atoms with van der Waals surface area (Å²) in [6.45, 7) is 2.79. The van der Waals surface area contributed by atoms with Crippen LogP contribution in [-0.4, -0.2) is 42.6 Å². The Hall–Kier alpha value is -3.20. The molecule has 1 saturated heterocycles. The standard InChI is InChI=1S/C17H16FN5O3/c18-11-1-3-12(4-2-11)19-17(24)20-13-5-6-14(16-15(13)21-26-22-16)23-7-9-25-10-8-23/h1-6H,7-10H2,(H2,19,20,24). The molecule has 9 heteroatoms. The number of carbonyl (C=O) groups is 1. The van der Waals surface area contributed by atoms with Crippen LogP contribution in [0.3, 0.4) is 0 Å². The number of nitrogens with zero attached hydrogens (tertiary/aromatic N) is 3. The van der Waals surface area contributed by atoms with Gasteiger partial charge in [-0.25, -0.2) is 13.8 Å². The monoisotopic (exact) mass is 357 g/mol. The Kier molecular flexibility index (Phi) is 4.36. The van der Waals surface area contributed by atoms with Crippen molar-refractivity contribution >= 4 is 34.1 Å². The zero-order valence-corrected chi connectivity index (χ0v) is 13.7. The average molecular weight is 357 g/mol. The second kappa shape index (κ2) is 6.96. The van der Waals surface area contributed by atoms with Crippen LogP contribution >= 0.6 is 0 Å². The van der Waals surface area contributed by atoms with E-state index in [0.717, 1.165) is 18.8 Å². The lowest BCUT2D eigenvalue weighted by atomic mass is 10.2. The quantitative estimate of drug-likeness (QED) is 0.749. The fourth-order valence-corrected chi connectivity index (χ4v) is 2.83. The SMILES string of the molecule is O=C(Nc1ccc(F)cc1)Nc1ccc(N2CCOCC2)c2nonc12. The first kappa shape index (κ1) is 16.3. The Morgan fingerprint density at radius 2 is 1.73 bits per heavy atom. The third-order valence-electron chi connectivity index (χ3n) is 4.10. The van der Waals surface area contributed by atoms with E-state index in [1.807, 2.05) is 6.07 Å². The zero-order chi connectivity index (χ0) is 17.9. The van der Waals surface area contributed by atoms with Crippen molar-refractivity contribution in [3.05, 3.63) is 42.2 Å². The molecule has 0 aliphatic carbocycles. The first-order valence-electron chi connectivity index (χ1n) is 8.12. The van der Waals surface area contributed by atoms with E-state index in [2.05, 4.69) is 25.8 Å². The predicted octanol–water partition coefficient (Wildman–Crippen LogP) is 2.84. The van der Waals surface area contributed by atoms with Crippen LogP contribution in [0.5, 0.6) is 0 Å². The van der Waals surface area contributed by atoms with Gasteiger partial charge in [0.15, 0.2) is 11.0 Å². The number of anilines is 3. The second-order valence-corrected chi connectivity index (χ2v) is 5.78. The molecule has 2 amide bonds. The maximum absolute atomic E-state index is 12.9. The van der Waals surface area contributed by atoms with E-state index in [1.165, 1.54) is 24.3 Å². The molecule has 26 heavy (non-hydrogen) atoms. The summed E-state index contributed by atoms with van der Waals surface area (Å²) in [5, 5.41) is 13.2. The number of hydrogen-bond donors (Lipinski definition) is 2. The second-order valence-electron chi connectivity index (χ2n) is 5.78. The van der Waals surface area contributed by atoms with Gasteiger partial charge in [-0.05, 0) is 46.7 Å². The van der Waals surface area contributed by atoms with Gasteiger partial charge in [-0.2, -0.15) is 0 Å². The van der Waals surface area contributed by atoms with Crippen LogP contribution in [0, 0.1) is 5.82 Å². The molecule has 1 fully saturated rings. The maximum atomic E-state index is 12.9. The van der Waals surface area contributed by atoms with Gasteiger partial charge in [0.2, 0.25) is 0 Å². The van der Waals surface area contributed by atoms with Gasteiger partial charge < -0.3 is 20.3 Å². The highest BCUT2D eigenvalue weighted by atomic mass is 19.1. The van der Waals surface area contributed by atoms with Crippen molar-refractivity contribution in [1.29, 1.82) is 0 Å². The van der Waals surface area contributed by atoms with Crippen molar-refractivity contribution < 1.29 is 18.6 Å². The number of ether oxygens (including phenoxy) is 1. The van der Waals surface area contributed by atoms with Gasteiger partial charge in [0.05, 0.1) is 24.6 Å². The molecule has 0 unspecified atom stereocenters. The zero-order valence-electron chi connectivity index (χ0n) is 13.7. The lowest BCUT2D eigenvalue weighted by molar-refractivity contribution is 0.123. The number of hydrogen-bond acceptors (Lipinski definition) is 6. The van der Waals surface area contributed by atoms with E-state index in [4.69, 9.17) is 9.37 Å². The summed E-state index contributed by atoms with van der Waals surface area (Å²) in [5.41, 5.74) is 2.87. The highest BCUT2D eigenvalue weighted by Gasteiger charge is 2.19. The predicted molar refractivity (Wildman–Crippen MR) is 93.9 cm³/mol. The van der Waals surface area contributed by atoms with Crippen molar-refractivity contribution in [2.24, 2.45) is 0 Å². The molecule has 0 atom stereocenters. The third-order valence-corrected chi connectivity index (χ3v) is 4.10. The van der Waals surface area contributed by atoms with Crippen molar-refractivity contribution in [3.63, 3.8) is 0 Å². The molecule has 1 aliphatic rings. The fraction of sp³-hybridized carbons (Fsp3) is 0.235. The van der Waals surface area contributed by atoms with E-state index in [9.17, 15) is 9.18 Å². The molecule has 8 nitrogen and oxygen atoms in total. The summed E-state index contributed by atoms with van der Waals surface area (Å²) in [4.78, 5) is 14.3. The summed E-state index contributed by atoms with van der Waals surface area (Å²) >= 11 is 0. The lowest BCUT2D eigenvalue weighted by Crippen LogP contribution is -2.36. The number of benzene rings is 2. The normalized spacial score (nSPS) is 14.4. The molecule has 1 aliphatic heterocycles. The van der Waals surface area contributed by atoms with Crippen LogP contribution in [0.15, 0.2) is 41.0 Å². The molecule has 2 heterocycles. The van der Waals surface area contributed by atoms with Gasteiger partial charge in [-0.15, -0.1) is 0 Å². The molecule has 134 valence electrons. The van der Waals surface area contributed by atoms with Gasteiger partial charge in [0.25, 0.3) is 0 Å². The van der Waals surface area contributed by atoms with Crippen molar-refractivity contribution in [1.82, 2.24) is 10.3 Å². The Bertz CT molecular complexity index is 922. The first-order valence-corrected chi connectivity index (χ1v) is 8.12. The molecular formula is C17H16FN5O3. The molecule has 2 aromatic carbocycles. The molecule has 0 saturated carbocycles. The minimum atomic E-state index is -0.472. The van der Waals surface area contributed by atoms with Crippen molar-refractivity contribution in [2.75, 3.05) is 41.8 Å². The first-order chi connectivity index (χ1) is 12.7. The lowest BCUT2D eigenvalue weighted by Gasteiger charge is -2.28. The van der Waals surface area contributed by atoms with Crippen molar-refractivity contribution in [2.45, 2.75) is 0 Å². The summed E-state index contributed by atoms with van der Waals surface area (Å²) < 4.78 is 23.2. The van der Waals surface area contributed by atoms with Gasteiger partial charge in [-0.1, -0.05) is 0 Å². The van der Waals surface area contributed by atoms with Crippen LogP contribution in [-0.2, 0) is 4.74 Å².